The third-order valence-corrected chi connectivity index (χ3v) is 4.67. The Labute approximate surface area is 157 Å². The highest BCUT2D eigenvalue weighted by Crippen LogP contribution is 2.32. The van der Waals surface area contributed by atoms with Gasteiger partial charge in [-0.1, -0.05) is 11.2 Å². The highest BCUT2D eigenvalue weighted by molar-refractivity contribution is 5.98. The number of piperidine rings is 1. The van der Waals surface area contributed by atoms with Gasteiger partial charge in [0.05, 0.1) is 19.8 Å². The molecule has 1 N–H and O–H groups in total. The van der Waals surface area contributed by atoms with Crippen molar-refractivity contribution in [1.82, 2.24) is 10.1 Å². The Hall–Kier alpha value is -3.03. The van der Waals surface area contributed by atoms with Gasteiger partial charge in [-0.05, 0) is 31.9 Å². The zero-order valence-electron chi connectivity index (χ0n) is 15.7. The number of benzene rings is 1. The number of hydrogen-bond acceptors (Lipinski definition) is 6. The number of ether oxygens (including phenoxy) is 2. The Morgan fingerprint density at radius 1 is 1.22 bits per heavy atom. The lowest BCUT2D eigenvalue weighted by molar-refractivity contribution is -0.121. The van der Waals surface area contributed by atoms with E-state index in [1.165, 1.54) is 14.2 Å². The molecular formula is C19H23N3O5. The number of likely N-dealkylation sites (tertiary alicyclic amines) is 1. The number of amides is 2. The average Bonchev–Trinajstić information content (AvgIpc) is 3.11. The zero-order chi connectivity index (χ0) is 19.4. The minimum Gasteiger partial charge on any atom is -0.493 e. The van der Waals surface area contributed by atoms with Crippen LogP contribution in [0.15, 0.2) is 28.8 Å². The van der Waals surface area contributed by atoms with Crippen LogP contribution < -0.4 is 14.8 Å². The highest BCUT2D eigenvalue weighted by Gasteiger charge is 2.30. The van der Waals surface area contributed by atoms with E-state index in [4.69, 9.17) is 14.0 Å². The molecule has 0 aliphatic carbocycles. The van der Waals surface area contributed by atoms with Gasteiger partial charge in [0.1, 0.15) is 5.76 Å². The summed E-state index contributed by atoms with van der Waals surface area (Å²) in [5.41, 5.74) is 0.456. The van der Waals surface area contributed by atoms with Crippen LogP contribution >= 0.6 is 0 Å². The van der Waals surface area contributed by atoms with Gasteiger partial charge in [-0.15, -0.1) is 0 Å². The van der Waals surface area contributed by atoms with Crippen LogP contribution in [-0.4, -0.2) is 49.2 Å². The normalized spacial score (nSPS) is 14.7. The molecule has 27 heavy (non-hydrogen) atoms. The van der Waals surface area contributed by atoms with Crippen LogP contribution in [0, 0.1) is 12.8 Å². The molecule has 2 aromatic rings. The molecule has 1 fully saturated rings. The van der Waals surface area contributed by atoms with Crippen molar-refractivity contribution in [2.24, 2.45) is 5.92 Å². The Morgan fingerprint density at radius 2 is 1.96 bits per heavy atom. The van der Waals surface area contributed by atoms with Crippen molar-refractivity contribution in [1.29, 1.82) is 0 Å². The maximum Gasteiger partial charge on any atom is 0.257 e. The third-order valence-electron chi connectivity index (χ3n) is 4.67. The Morgan fingerprint density at radius 3 is 2.56 bits per heavy atom. The molecule has 2 amide bonds. The lowest BCUT2D eigenvalue weighted by atomic mass is 9.95. The third kappa shape index (κ3) is 4.05. The van der Waals surface area contributed by atoms with Crippen LogP contribution in [0.25, 0.3) is 0 Å². The number of anilines is 1. The number of methoxy groups -OCH3 is 2. The first-order valence-electron chi connectivity index (χ1n) is 8.78. The molecule has 1 aromatic carbocycles. The highest BCUT2D eigenvalue weighted by atomic mass is 16.5. The number of para-hydroxylation sites is 1. The van der Waals surface area contributed by atoms with E-state index in [2.05, 4.69) is 10.5 Å². The topological polar surface area (TPSA) is 93.9 Å². The fourth-order valence-corrected chi connectivity index (χ4v) is 3.22. The number of hydrogen-bond donors (Lipinski definition) is 1. The molecule has 0 saturated carbocycles. The Kier molecular flexibility index (Phi) is 5.63. The van der Waals surface area contributed by atoms with Crippen LogP contribution in [-0.2, 0) is 4.79 Å². The van der Waals surface area contributed by atoms with E-state index in [1.54, 1.807) is 36.1 Å². The van der Waals surface area contributed by atoms with E-state index in [-0.39, 0.29) is 17.7 Å². The lowest BCUT2D eigenvalue weighted by Gasteiger charge is -2.31. The minimum atomic E-state index is -0.168. The van der Waals surface area contributed by atoms with E-state index in [0.29, 0.717) is 54.6 Å². The SMILES string of the molecule is COc1cccc(C(=O)N2CCC(C(=O)Nc3cc(C)on3)CC2)c1OC. The fraction of sp³-hybridized carbons (Fsp3) is 0.421. The molecule has 8 heteroatoms. The number of aromatic nitrogens is 1. The number of nitrogens with zero attached hydrogens (tertiary/aromatic N) is 2. The summed E-state index contributed by atoms with van der Waals surface area (Å²) < 4.78 is 15.6. The van der Waals surface area contributed by atoms with Crippen LogP contribution in [0.5, 0.6) is 11.5 Å². The molecule has 0 atom stereocenters. The van der Waals surface area contributed by atoms with E-state index >= 15 is 0 Å². The van der Waals surface area contributed by atoms with Crippen molar-refractivity contribution in [2.75, 3.05) is 32.6 Å². The van der Waals surface area contributed by atoms with E-state index in [0.717, 1.165) is 0 Å². The molecule has 0 bridgehead atoms. The number of carbonyl (C=O) groups excluding carboxylic acids is 2. The molecular weight excluding hydrogens is 350 g/mol. The van der Waals surface area contributed by atoms with Crippen molar-refractivity contribution >= 4 is 17.6 Å². The second-order valence-corrected chi connectivity index (χ2v) is 6.42. The van der Waals surface area contributed by atoms with Crippen molar-refractivity contribution < 1.29 is 23.6 Å². The van der Waals surface area contributed by atoms with Gasteiger partial charge in [0.25, 0.3) is 5.91 Å². The molecule has 0 unspecified atom stereocenters. The first kappa shape index (κ1) is 18.8. The van der Waals surface area contributed by atoms with E-state index in [9.17, 15) is 9.59 Å². The summed E-state index contributed by atoms with van der Waals surface area (Å²) in [5.74, 6) is 1.59. The lowest BCUT2D eigenvalue weighted by Crippen LogP contribution is -2.41. The standard InChI is InChI=1S/C19H23N3O5/c1-12-11-16(21-27-12)20-18(23)13-7-9-22(10-8-13)19(24)14-5-4-6-15(25-2)17(14)26-3/h4-6,11,13H,7-10H2,1-3H3,(H,20,21,23). The molecule has 3 rings (SSSR count). The maximum absolute atomic E-state index is 12.9. The fourth-order valence-electron chi connectivity index (χ4n) is 3.22. The average molecular weight is 373 g/mol. The summed E-state index contributed by atoms with van der Waals surface area (Å²) in [7, 11) is 3.05. The van der Waals surface area contributed by atoms with Gasteiger partial charge in [-0.2, -0.15) is 0 Å². The summed E-state index contributed by atoms with van der Waals surface area (Å²) in [5, 5.41) is 6.53. The van der Waals surface area contributed by atoms with Gasteiger partial charge in [0, 0.05) is 25.1 Å². The van der Waals surface area contributed by atoms with Gasteiger partial charge in [0.15, 0.2) is 17.3 Å². The summed E-state index contributed by atoms with van der Waals surface area (Å²) in [6.07, 6.45) is 1.17. The number of carbonyl (C=O) groups is 2. The van der Waals surface area contributed by atoms with Crippen molar-refractivity contribution in [2.45, 2.75) is 19.8 Å². The van der Waals surface area contributed by atoms with Crippen LogP contribution in [0.3, 0.4) is 0 Å². The molecule has 1 aromatic heterocycles. The molecule has 1 saturated heterocycles. The molecule has 1 aliphatic heterocycles. The first-order valence-corrected chi connectivity index (χ1v) is 8.78. The summed E-state index contributed by atoms with van der Waals surface area (Å²) in [4.78, 5) is 27.0. The summed E-state index contributed by atoms with van der Waals surface area (Å²) >= 11 is 0. The molecule has 144 valence electrons. The van der Waals surface area contributed by atoms with Crippen molar-refractivity contribution in [3.63, 3.8) is 0 Å². The first-order chi connectivity index (χ1) is 13.0. The Bertz CT molecular complexity index is 825. The van der Waals surface area contributed by atoms with Gasteiger partial charge in [0.2, 0.25) is 5.91 Å². The number of nitrogens with one attached hydrogen (secondary N) is 1. The van der Waals surface area contributed by atoms with Gasteiger partial charge < -0.3 is 24.2 Å². The largest absolute Gasteiger partial charge is 0.493 e. The van der Waals surface area contributed by atoms with E-state index < -0.39 is 0 Å². The molecule has 2 heterocycles. The predicted octanol–water partition coefficient (Wildman–Crippen LogP) is 2.49. The smallest absolute Gasteiger partial charge is 0.257 e. The number of rotatable bonds is 5. The van der Waals surface area contributed by atoms with E-state index in [1.807, 2.05) is 0 Å². The second kappa shape index (κ2) is 8.11. The Balaban J connectivity index is 1.62. The molecule has 0 spiro atoms. The predicted molar refractivity (Wildman–Crippen MR) is 98.0 cm³/mol. The van der Waals surface area contributed by atoms with Gasteiger partial charge in [-0.3, -0.25) is 9.59 Å². The van der Waals surface area contributed by atoms with Gasteiger partial charge >= 0.3 is 0 Å². The van der Waals surface area contributed by atoms with Gasteiger partial charge in [-0.25, -0.2) is 0 Å². The second-order valence-electron chi connectivity index (χ2n) is 6.42. The zero-order valence-corrected chi connectivity index (χ0v) is 15.7. The summed E-state index contributed by atoms with van der Waals surface area (Å²) in [6.45, 7) is 2.75. The molecule has 0 radical (unpaired) electrons. The van der Waals surface area contributed by atoms with Crippen LogP contribution in [0.1, 0.15) is 29.0 Å². The van der Waals surface area contributed by atoms with Crippen molar-refractivity contribution in [3.05, 3.63) is 35.6 Å². The maximum atomic E-state index is 12.9. The minimum absolute atomic E-state index is 0.102. The number of aryl methyl sites for hydroxylation is 1. The quantitative estimate of drug-likeness (QED) is 0.865. The van der Waals surface area contributed by atoms with Crippen LogP contribution in [0.2, 0.25) is 0 Å². The van der Waals surface area contributed by atoms with Crippen LogP contribution in [0.4, 0.5) is 5.82 Å². The molecule has 1 aliphatic rings. The van der Waals surface area contributed by atoms with Crippen molar-refractivity contribution in [3.8, 4) is 11.5 Å². The molecule has 8 nitrogen and oxygen atoms in total. The monoisotopic (exact) mass is 373 g/mol. The summed E-state index contributed by atoms with van der Waals surface area (Å²) in [6, 6.07) is 6.90.